The van der Waals surface area contributed by atoms with Crippen LogP contribution < -0.4 is 5.32 Å². The first-order valence-corrected chi connectivity index (χ1v) is 5.94. The molecule has 0 radical (unpaired) electrons. The van der Waals surface area contributed by atoms with Gasteiger partial charge in [-0.2, -0.15) is 5.26 Å². The number of nitriles is 1. The largest absolute Gasteiger partial charge is 0.394 e. The molecule has 18 heavy (non-hydrogen) atoms. The number of hydrogen-bond acceptors (Lipinski definition) is 3. The fourth-order valence-corrected chi connectivity index (χ4v) is 2.17. The summed E-state index contributed by atoms with van der Waals surface area (Å²) in [6, 6.07) is 8.54. The number of rotatable bonds is 2. The first-order chi connectivity index (χ1) is 8.76. The second-order valence-corrected chi connectivity index (χ2v) is 4.26. The van der Waals surface area contributed by atoms with Crippen molar-refractivity contribution in [3.63, 3.8) is 0 Å². The molecule has 1 aliphatic heterocycles. The number of likely N-dealkylation sites (tertiary alicyclic amines) is 1. The predicted octanol–water partition coefficient (Wildman–Crippen LogP) is 1.55. The quantitative estimate of drug-likeness (QED) is 0.829. The van der Waals surface area contributed by atoms with Crippen LogP contribution in [-0.4, -0.2) is 35.2 Å². The Labute approximate surface area is 106 Å². The van der Waals surface area contributed by atoms with Gasteiger partial charge >= 0.3 is 6.03 Å². The summed E-state index contributed by atoms with van der Waals surface area (Å²) in [6.45, 7) is 0.624. The molecule has 5 heteroatoms. The van der Waals surface area contributed by atoms with E-state index < -0.39 is 0 Å². The average molecular weight is 245 g/mol. The Balaban J connectivity index is 2.10. The minimum atomic E-state index is -0.255. The fourth-order valence-electron chi connectivity index (χ4n) is 2.17. The number of nitrogens with zero attached hydrogens (tertiary/aromatic N) is 2. The first-order valence-electron chi connectivity index (χ1n) is 5.94. The highest BCUT2D eigenvalue weighted by atomic mass is 16.3. The fraction of sp³-hybridized carbons (Fsp3) is 0.385. The van der Waals surface area contributed by atoms with Gasteiger partial charge in [0.2, 0.25) is 0 Å². The van der Waals surface area contributed by atoms with Gasteiger partial charge in [0, 0.05) is 6.54 Å². The molecule has 0 saturated carbocycles. The molecule has 0 bridgehead atoms. The Kier molecular flexibility index (Phi) is 3.80. The number of aliphatic hydroxyl groups excluding tert-OH is 1. The molecule has 0 unspecified atom stereocenters. The van der Waals surface area contributed by atoms with Crippen LogP contribution >= 0.6 is 0 Å². The van der Waals surface area contributed by atoms with Crippen LogP contribution in [0.3, 0.4) is 0 Å². The summed E-state index contributed by atoms with van der Waals surface area (Å²) in [4.78, 5) is 13.7. The average Bonchev–Trinajstić information content (AvgIpc) is 2.87. The number of hydrogen-bond donors (Lipinski definition) is 2. The molecule has 5 nitrogen and oxygen atoms in total. The SMILES string of the molecule is N#Cc1ccccc1NC(=O)N1CCC[C@H]1CO. The van der Waals surface area contributed by atoms with Crippen molar-refractivity contribution in [1.29, 1.82) is 5.26 Å². The maximum absolute atomic E-state index is 12.0. The number of aliphatic hydroxyl groups is 1. The summed E-state index contributed by atoms with van der Waals surface area (Å²) in [5.41, 5.74) is 0.944. The Morgan fingerprint density at radius 2 is 2.33 bits per heavy atom. The lowest BCUT2D eigenvalue weighted by molar-refractivity contribution is 0.166. The third-order valence-corrected chi connectivity index (χ3v) is 3.14. The molecule has 94 valence electrons. The zero-order valence-electron chi connectivity index (χ0n) is 9.97. The molecule has 2 rings (SSSR count). The molecule has 1 atom stereocenters. The molecule has 0 aromatic heterocycles. The number of amides is 2. The molecule has 0 aliphatic carbocycles. The minimum absolute atomic E-state index is 0.0205. The van der Waals surface area contributed by atoms with E-state index in [0.29, 0.717) is 17.8 Å². The molecule has 1 aromatic carbocycles. The summed E-state index contributed by atoms with van der Waals surface area (Å²) in [7, 11) is 0. The topological polar surface area (TPSA) is 76.4 Å². The van der Waals surface area contributed by atoms with E-state index in [1.54, 1.807) is 29.2 Å². The summed E-state index contributed by atoms with van der Waals surface area (Å²) in [5.74, 6) is 0. The number of anilines is 1. The van der Waals surface area contributed by atoms with Crippen LogP contribution in [0.25, 0.3) is 0 Å². The molecule has 0 spiro atoms. The second kappa shape index (κ2) is 5.52. The van der Waals surface area contributed by atoms with E-state index in [4.69, 9.17) is 5.26 Å². The third kappa shape index (κ3) is 2.44. The van der Waals surface area contributed by atoms with Crippen LogP contribution in [0.2, 0.25) is 0 Å². The monoisotopic (exact) mass is 245 g/mol. The number of urea groups is 1. The lowest BCUT2D eigenvalue weighted by Crippen LogP contribution is -2.40. The molecule has 1 heterocycles. The lowest BCUT2D eigenvalue weighted by Gasteiger charge is -2.23. The number of carbonyl (C=O) groups excluding carboxylic acids is 1. The summed E-state index contributed by atoms with van der Waals surface area (Å²) >= 11 is 0. The van der Waals surface area contributed by atoms with E-state index in [9.17, 15) is 9.90 Å². The molecule has 2 amide bonds. The van der Waals surface area contributed by atoms with Crippen LogP contribution in [0.5, 0.6) is 0 Å². The number of carbonyl (C=O) groups is 1. The maximum atomic E-state index is 12.0. The van der Waals surface area contributed by atoms with Gasteiger partial charge in [-0.1, -0.05) is 12.1 Å². The molecule has 1 fully saturated rings. The molecular formula is C13H15N3O2. The second-order valence-electron chi connectivity index (χ2n) is 4.26. The van der Waals surface area contributed by atoms with Crippen molar-refractivity contribution in [3.05, 3.63) is 29.8 Å². The van der Waals surface area contributed by atoms with E-state index in [1.165, 1.54) is 0 Å². The van der Waals surface area contributed by atoms with Crippen molar-refractivity contribution in [2.24, 2.45) is 0 Å². The number of benzene rings is 1. The standard InChI is InChI=1S/C13H15N3O2/c14-8-10-4-1-2-6-12(10)15-13(18)16-7-3-5-11(16)9-17/h1-2,4,6,11,17H,3,5,7,9H2,(H,15,18)/t11-/m0/s1. The van der Waals surface area contributed by atoms with Crippen LogP contribution in [0.15, 0.2) is 24.3 Å². The smallest absolute Gasteiger partial charge is 0.322 e. The van der Waals surface area contributed by atoms with Gasteiger partial charge in [0.25, 0.3) is 0 Å². The van der Waals surface area contributed by atoms with Crippen molar-refractivity contribution in [2.45, 2.75) is 18.9 Å². The van der Waals surface area contributed by atoms with Gasteiger partial charge in [-0.05, 0) is 25.0 Å². The van der Waals surface area contributed by atoms with Gasteiger partial charge in [-0.25, -0.2) is 4.79 Å². The van der Waals surface area contributed by atoms with E-state index in [-0.39, 0.29) is 18.7 Å². The van der Waals surface area contributed by atoms with Crippen molar-refractivity contribution < 1.29 is 9.90 Å². The summed E-state index contributed by atoms with van der Waals surface area (Å²) in [6.07, 6.45) is 1.72. The van der Waals surface area contributed by atoms with Crippen molar-refractivity contribution in [2.75, 3.05) is 18.5 Å². The van der Waals surface area contributed by atoms with E-state index in [2.05, 4.69) is 5.32 Å². The van der Waals surface area contributed by atoms with Gasteiger partial charge in [0.05, 0.1) is 23.9 Å². The van der Waals surface area contributed by atoms with Gasteiger partial charge in [0.1, 0.15) is 6.07 Å². The van der Waals surface area contributed by atoms with E-state index >= 15 is 0 Å². The van der Waals surface area contributed by atoms with Crippen LogP contribution in [-0.2, 0) is 0 Å². The highest BCUT2D eigenvalue weighted by Gasteiger charge is 2.28. The van der Waals surface area contributed by atoms with Crippen molar-refractivity contribution in [3.8, 4) is 6.07 Å². The van der Waals surface area contributed by atoms with Gasteiger partial charge in [-0.15, -0.1) is 0 Å². The van der Waals surface area contributed by atoms with Crippen LogP contribution in [0.1, 0.15) is 18.4 Å². The minimum Gasteiger partial charge on any atom is -0.394 e. The highest BCUT2D eigenvalue weighted by molar-refractivity contribution is 5.91. The zero-order valence-corrected chi connectivity index (χ0v) is 9.97. The molecular weight excluding hydrogens is 230 g/mol. The summed E-state index contributed by atoms with van der Waals surface area (Å²) < 4.78 is 0. The van der Waals surface area contributed by atoms with Crippen LogP contribution in [0.4, 0.5) is 10.5 Å². The third-order valence-electron chi connectivity index (χ3n) is 3.14. The molecule has 1 saturated heterocycles. The lowest BCUT2D eigenvalue weighted by atomic mass is 10.2. The van der Waals surface area contributed by atoms with Gasteiger partial charge in [0.15, 0.2) is 0 Å². The Hall–Kier alpha value is -2.06. The highest BCUT2D eigenvalue weighted by Crippen LogP contribution is 2.20. The number of nitrogens with one attached hydrogen (secondary N) is 1. The van der Waals surface area contributed by atoms with E-state index in [0.717, 1.165) is 12.8 Å². The van der Waals surface area contributed by atoms with Crippen molar-refractivity contribution in [1.82, 2.24) is 4.90 Å². The predicted molar refractivity (Wildman–Crippen MR) is 67.0 cm³/mol. The molecule has 1 aromatic rings. The molecule has 2 N–H and O–H groups in total. The Morgan fingerprint density at radius 3 is 3.06 bits per heavy atom. The molecule has 1 aliphatic rings. The Morgan fingerprint density at radius 1 is 1.56 bits per heavy atom. The van der Waals surface area contributed by atoms with Crippen molar-refractivity contribution >= 4 is 11.7 Å². The number of para-hydroxylation sites is 1. The Bertz CT molecular complexity index is 481. The summed E-state index contributed by atoms with van der Waals surface area (Å²) in [5, 5.41) is 20.8. The van der Waals surface area contributed by atoms with Gasteiger partial charge < -0.3 is 15.3 Å². The zero-order chi connectivity index (χ0) is 13.0. The normalized spacial score (nSPS) is 18.4. The maximum Gasteiger partial charge on any atom is 0.322 e. The van der Waals surface area contributed by atoms with Gasteiger partial charge in [-0.3, -0.25) is 0 Å². The van der Waals surface area contributed by atoms with E-state index in [1.807, 2.05) is 6.07 Å². The van der Waals surface area contributed by atoms with Crippen LogP contribution in [0, 0.1) is 11.3 Å². The first kappa shape index (κ1) is 12.4.